The first-order valence-corrected chi connectivity index (χ1v) is 4.99. The fourth-order valence-electron chi connectivity index (χ4n) is 1.20. The van der Waals surface area contributed by atoms with Gasteiger partial charge in [-0.15, -0.1) is 0 Å². The van der Waals surface area contributed by atoms with Crippen molar-refractivity contribution < 1.29 is 9.50 Å². The summed E-state index contributed by atoms with van der Waals surface area (Å²) >= 11 is 5.84. The molecular formula is C11H14ClFO. The number of halogens is 2. The van der Waals surface area contributed by atoms with Gasteiger partial charge in [-0.2, -0.15) is 0 Å². The van der Waals surface area contributed by atoms with E-state index < -0.39 is 5.60 Å². The average Bonchev–Trinajstić information content (AvgIpc) is 2.10. The first-order valence-electron chi connectivity index (χ1n) is 4.61. The van der Waals surface area contributed by atoms with E-state index in [0.717, 1.165) is 5.56 Å². The Kier molecular flexibility index (Phi) is 3.51. The van der Waals surface area contributed by atoms with Crippen LogP contribution in [0.4, 0.5) is 4.39 Å². The summed E-state index contributed by atoms with van der Waals surface area (Å²) in [4.78, 5) is 0. The lowest BCUT2D eigenvalue weighted by molar-refractivity contribution is 0.0564. The van der Waals surface area contributed by atoms with Crippen molar-refractivity contribution in [1.29, 1.82) is 0 Å². The Bertz CT molecular complexity index is 323. The Morgan fingerprint density at radius 3 is 2.64 bits per heavy atom. The van der Waals surface area contributed by atoms with Crippen molar-refractivity contribution in [2.75, 3.05) is 0 Å². The van der Waals surface area contributed by atoms with Gasteiger partial charge in [-0.3, -0.25) is 0 Å². The van der Waals surface area contributed by atoms with E-state index in [9.17, 15) is 9.50 Å². The van der Waals surface area contributed by atoms with Crippen LogP contribution in [-0.2, 0) is 6.42 Å². The van der Waals surface area contributed by atoms with Gasteiger partial charge in [0.25, 0.3) is 0 Å². The highest BCUT2D eigenvalue weighted by atomic mass is 35.5. The van der Waals surface area contributed by atoms with Gasteiger partial charge in [-0.25, -0.2) is 4.39 Å². The summed E-state index contributed by atoms with van der Waals surface area (Å²) in [5.74, 6) is -0.352. The summed E-state index contributed by atoms with van der Waals surface area (Å²) in [5, 5.41) is 10.2. The second-order valence-corrected chi connectivity index (χ2v) is 4.17. The largest absolute Gasteiger partial charge is 0.390 e. The molecule has 0 heterocycles. The topological polar surface area (TPSA) is 20.2 Å². The monoisotopic (exact) mass is 216 g/mol. The zero-order valence-electron chi connectivity index (χ0n) is 8.35. The van der Waals surface area contributed by atoms with E-state index >= 15 is 0 Å². The fraction of sp³-hybridized carbons (Fsp3) is 0.455. The lowest BCUT2D eigenvalue weighted by Gasteiger charge is -2.21. The molecule has 0 fully saturated rings. The molecule has 3 heteroatoms. The predicted octanol–water partition coefficient (Wildman–Crippen LogP) is 3.18. The molecule has 0 spiro atoms. The summed E-state index contributed by atoms with van der Waals surface area (Å²) in [6.45, 7) is 3.64. The van der Waals surface area contributed by atoms with E-state index in [0.29, 0.717) is 17.9 Å². The summed E-state index contributed by atoms with van der Waals surface area (Å²) in [7, 11) is 0. The summed E-state index contributed by atoms with van der Waals surface area (Å²) < 4.78 is 12.7. The van der Waals surface area contributed by atoms with Gasteiger partial charge in [0.15, 0.2) is 0 Å². The highest BCUT2D eigenvalue weighted by Crippen LogP contribution is 2.23. The molecular weight excluding hydrogens is 203 g/mol. The molecule has 0 saturated carbocycles. The highest BCUT2D eigenvalue weighted by molar-refractivity contribution is 6.31. The van der Waals surface area contributed by atoms with E-state index in [1.165, 1.54) is 12.1 Å². The predicted molar refractivity (Wildman–Crippen MR) is 56.0 cm³/mol. The van der Waals surface area contributed by atoms with Gasteiger partial charge in [0.1, 0.15) is 5.82 Å². The van der Waals surface area contributed by atoms with E-state index in [4.69, 9.17) is 11.6 Å². The van der Waals surface area contributed by atoms with E-state index in [2.05, 4.69) is 0 Å². The van der Waals surface area contributed by atoms with Crippen LogP contribution < -0.4 is 0 Å². The van der Waals surface area contributed by atoms with Crippen LogP contribution in [0.3, 0.4) is 0 Å². The summed E-state index contributed by atoms with van der Waals surface area (Å²) in [5.41, 5.74) is 0.00138. The second kappa shape index (κ2) is 4.28. The summed E-state index contributed by atoms with van der Waals surface area (Å²) in [6.07, 6.45) is 1.09. The Hall–Kier alpha value is -0.600. The third-order valence-corrected chi connectivity index (χ3v) is 2.70. The van der Waals surface area contributed by atoms with Crippen LogP contribution >= 0.6 is 11.6 Å². The van der Waals surface area contributed by atoms with Crippen LogP contribution in [0.1, 0.15) is 25.8 Å². The Morgan fingerprint density at radius 2 is 2.14 bits per heavy atom. The SMILES string of the molecule is CCC(C)(O)Cc1ccc(F)cc1Cl. The molecule has 0 aliphatic heterocycles. The second-order valence-electron chi connectivity index (χ2n) is 3.76. The smallest absolute Gasteiger partial charge is 0.124 e. The van der Waals surface area contributed by atoms with Crippen LogP contribution in [0.15, 0.2) is 18.2 Å². The third kappa shape index (κ3) is 2.96. The van der Waals surface area contributed by atoms with Gasteiger partial charge < -0.3 is 5.11 Å². The van der Waals surface area contributed by atoms with Crippen LogP contribution in [0, 0.1) is 5.82 Å². The van der Waals surface area contributed by atoms with Crippen molar-refractivity contribution in [3.63, 3.8) is 0 Å². The number of hydrogen-bond acceptors (Lipinski definition) is 1. The van der Waals surface area contributed by atoms with Crippen molar-refractivity contribution in [1.82, 2.24) is 0 Å². The lowest BCUT2D eigenvalue weighted by Crippen LogP contribution is -2.25. The first-order chi connectivity index (χ1) is 6.44. The normalized spacial score (nSPS) is 15.2. The average molecular weight is 217 g/mol. The highest BCUT2D eigenvalue weighted by Gasteiger charge is 2.19. The molecule has 1 unspecified atom stereocenters. The van der Waals surface area contributed by atoms with Crippen LogP contribution in [0.25, 0.3) is 0 Å². The third-order valence-electron chi connectivity index (χ3n) is 2.35. The van der Waals surface area contributed by atoms with Gasteiger partial charge in [-0.05, 0) is 31.0 Å². The molecule has 0 aromatic heterocycles. The summed E-state index contributed by atoms with van der Waals surface area (Å²) in [6, 6.07) is 4.23. The number of aliphatic hydroxyl groups is 1. The molecule has 0 radical (unpaired) electrons. The van der Waals surface area contributed by atoms with Crippen LogP contribution in [0.5, 0.6) is 0 Å². The number of benzene rings is 1. The Labute approximate surface area is 88.5 Å². The van der Waals surface area contributed by atoms with Crippen molar-refractivity contribution in [2.45, 2.75) is 32.3 Å². The molecule has 78 valence electrons. The maximum Gasteiger partial charge on any atom is 0.124 e. The van der Waals surface area contributed by atoms with E-state index in [1.807, 2.05) is 6.92 Å². The van der Waals surface area contributed by atoms with Crippen molar-refractivity contribution in [3.05, 3.63) is 34.6 Å². The van der Waals surface area contributed by atoms with Gasteiger partial charge in [0, 0.05) is 11.4 Å². The van der Waals surface area contributed by atoms with Crippen LogP contribution in [0.2, 0.25) is 5.02 Å². The minimum absolute atomic E-state index is 0.352. The standard InChI is InChI=1S/C11H14ClFO/c1-3-11(2,14)7-8-4-5-9(13)6-10(8)12/h4-6,14H,3,7H2,1-2H3. The van der Waals surface area contributed by atoms with Gasteiger partial charge >= 0.3 is 0 Å². The molecule has 1 aromatic carbocycles. The molecule has 1 N–H and O–H groups in total. The minimum atomic E-state index is -0.776. The zero-order chi connectivity index (χ0) is 10.8. The maximum absolute atomic E-state index is 12.7. The molecule has 0 amide bonds. The maximum atomic E-state index is 12.7. The van der Waals surface area contributed by atoms with Gasteiger partial charge in [0.05, 0.1) is 5.60 Å². The molecule has 0 aliphatic carbocycles. The molecule has 0 saturated heterocycles. The van der Waals surface area contributed by atoms with Gasteiger partial charge in [0.2, 0.25) is 0 Å². The van der Waals surface area contributed by atoms with Crippen molar-refractivity contribution >= 4 is 11.6 Å². The molecule has 1 rings (SSSR count). The lowest BCUT2D eigenvalue weighted by atomic mass is 9.94. The van der Waals surface area contributed by atoms with Crippen molar-refractivity contribution in [3.8, 4) is 0 Å². The zero-order valence-corrected chi connectivity index (χ0v) is 9.11. The molecule has 0 bridgehead atoms. The first kappa shape index (κ1) is 11.5. The van der Waals surface area contributed by atoms with Crippen molar-refractivity contribution in [2.24, 2.45) is 0 Å². The fourth-order valence-corrected chi connectivity index (χ4v) is 1.43. The van der Waals surface area contributed by atoms with E-state index in [-0.39, 0.29) is 5.82 Å². The number of rotatable bonds is 3. The molecule has 1 aromatic rings. The van der Waals surface area contributed by atoms with E-state index in [1.54, 1.807) is 13.0 Å². The molecule has 0 aliphatic rings. The minimum Gasteiger partial charge on any atom is -0.390 e. The Balaban J connectivity index is 2.87. The Morgan fingerprint density at radius 1 is 1.50 bits per heavy atom. The van der Waals surface area contributed by atoms with Crippen LogP contribution in [-0.4, -0.2) is 10.7 Å². The number of hydrogen-bond donors (Lipinski definition) is 1. The molecule has 14 heavy (non-hydrogen) atoms. The molecule has 1 atom stereocenters. The van der Waals surface area contributed by atoms with Gasteiger partial charge in [-0.1, -0.05) is 24.6 Å². The molecule has 1 nitrogen and oxygen atoms in total. The quantitative estimate of drug-likeness (QED) is 0.823.